The van der Waals surface area contributed by atoms with Crippen LogP contribution in [0.15, 0.2) is 12.1 Å². The lowest BCUT2D eigenvalue weighted by molar-refractivity contribution is -0.123. The molecule has 1 amide bonds. The maximum Gasteiger partial charge on any atom is 0.220 e. The largest absolute Gasteiger partial charge is 0.497 e. The summed E-state index contributed by atoms with van der Waals surface area (Å²) >= 11 is 12.4. The molecule has 1 atom stereocenters. The van der Waals surface area contributed by atoms with E-state index in [0.29, 0.717) is 34.7 Å². The molecule has 110 valence electrons. The highest BCUT2D eigenvalue weighted by molar-refractivity contribution is 6.36. The molecule has 6 heteroatoms. The highest BCUT2D eigenvalue weighted by atomic mass is 35.5. The molecule has 1 aromatic carbocycles. The molecule has 1 saturated heterocycles. The second-order valence-corrected chi connectivity index (χ2v) is 5.72. The zero-order valence-corrected chi connectivity index (χ0v) is 12.9. The van der Waals surface area contributed by atoms with Gasteiger partial charge in [0.25, 0.3) is 0 Å². The number of methoxy groups -OCH3 is 1. The van der Waals surface area contributed by atoms with Crippen LogP contribution in [0.5, 0.6) is 5.75 Å². The summed E-state index contributed by atoms with van der Waals surface area (Å²) in [6, 6.07) is 3.50. The van der Waals surface area contributed by atoms with Gasteiger partial charge < -0.3 is 15.4 Å². The van der Waals surface area contributed by atoms with E-state index in [0.717, 1.165) is 25.1 Å². The fourth-order valence-corrected chi connectivity index (χ4v) is 2.89. The van der Waals surface area contributed by atoms with Crippen molar-refractivity contribution in [3.05, 3.63) is 27.7 Å². The van der Waals surface area contributed by atoms with Crippen molar-refractivity contribution in [1.82, 2.24) is 10.6 Å². The first-order valence-corrected chi connectivity index (χ1v) is 7.35. The Kier molecular flexibility index (Phi) is 5.52. The first kappa shape index (κ1) is 15.4. The van der Waals surface area contributed by atoms with E-state index in [1.54, 1.807) is 19.2 Å². The summed E-state index contributed by atoms with van der Waals surface area (Å²) in [6.45, 7) is 2.13. The number of piperidine rings is 1. The van der Waals surface area contributed by atoms with Gasteiger partial charge in [-0.15, -0.1) is 0 Å². The highest BCUT2D eigenvalue weighted by Gasteiger charge is 2.18. The van der Waals surface area contributed by atoms with E-state index in [-0.39, 0.29) is 5.91 Å². The molecule has 1 heterocycles. The molecule has 0 aromatic heterocycles. The van der Waals surface area contributed by atoms with Crippen molar-refractivity contribution in [3.63, 3.8) is 0 Å². The molecule has 4 nitrogen and oxygen atoms in total. The maximum atomic E-state index is 11.3. The molecule has 2 N–H and O–H groups in total. The predicted octanol–water partition coefficient (Wildman–Crippen LogP) is 2.62. The number of hydrogen-bond acceptors (Lipinski definition) is 3. The molecule has 1 aliphatic rings. The summed E-state index contributed by atoms with van der Waals surface area (Å²) in [5.41, 5.74) is 0.856. The van der Waals surface area contributed by atoms with Gasteiger partial charge >= 0.3 is 0 Å². The third-order valence-corrected chi connectivity index (χ3v) is 4.11. The minimum atomic E-state index is 0.128. The third kappa shape index (κ3) is 4.01. The van der Waals surface area contributed by atoms with E-state index < -0.39 is 0 Å². The molecule has 0 radical (unpaired) electrons. The van der Waals surface area contributed by atoms with Gasteiger partial charge in [-0.25, -0.2) is 0 Å². The third-order valence-electron chi connectivity index (χ3n) is 3.43. The molecule has 20 heavy (non-hydrogen) atoms. The minimum absolute atomic E-state index is 0.128. The molecule has 1 aromatic rings. The second kappa shape index (κ2) is 7.16. The smallest absolute Gasteiger partial charge is 0.220 e. The van der Waals surface area contributed by atoms with Gasteiger partial charge in [0, 0.05) is 25.1 Å². The number of rotatable bonds is 5. The summed E-state index contributed by atoms with van der Waals surface area (Å²) in [4.78, 5) is 11.3. The van der Waals surface area contributed by atoms with Crippen LogP contribution in [-0.2, 0) is 11.3 Å². The normalized spacial score (nSPS) is 18.8. The summed E-state index contributed by atoms with van der Waals surface area (Å²) in [5.74, 6) is 1.15. The summed E-state index contributed by atoms with van der Waals surface area (Å²) < 4.78 is 5.11. The van der Waals surface area contributed by atoms with Crippen LogP contribution < -0.4 is 15.4 Å². The first-order chi connectivity index (χ1) is 9.60. The molecule has 1 unspecified atom stereocenters. The summed E-state index contributed by atoms with van der Waals surface area (Å²) in [7, 11) is 1.58. The van der Waals surface area contributed by atoms with Gasteiger partial charge in [-0.1, -0.05) is 23.2 Å². The number of ether oxygens (including phenoxy) is 1. The minimum Gasteiger partial charge on any atom is -0.497 e. The van der Waals surface area contributed by atoms with Gasteiger partial charge in [0.1, 0.15) is 5.75 Å². The lowest BCUT2D eigenvalue weighted by Crippen LogP contribution is -2.37. The monoisotopic (exact) mass is 316 g/mol. The molecule has 1 aliphatic heterocycles. The van der Waals surface area contributed by atoms with Gasteiger partial charge in [0.05, 0.1) is 17.2 Å². The SMILES string of the molecule is COc1cc(Cl)c(CNCC2CCNC(=O)C2)c(Cl)c1. The summed E-state index contributed by atoms with van der Waals surface area (Å²) in [5, 5.41) is 7.32. The predicted molar refractivity (Wildman–Crippen MR) is 80.5 cm³/mol. The van der Waals surface area contributed by atoms with E-state index >= 15 is 0 Å². The molecule has 2 rings (SSSR count). The van der Waals surface area contributed by atoms with Gasteiger partial charge in [0.15, 0.2) is 0 Å². The number of amides is 1. The molecular weight excluding hydrogens is 299 g/mol. The number of halogens is 2. The van der Waals surface area contributed by atoms with Crippen molar-refractivity contribution >= 4 is 29.1 Å². The fourth-order valence-electron chi connectivity index (χ4n) is 2.29. The van der Waals surface area contributed by atoms with Gasteiger partial charge in [-0.2, -0.15) is 0 Å². The quantitative estimate of drug-likeness (QED) is 0.878. The molecule has 0 aliphatic carbocycles. The number of benzene rings is 1. The maximum absolute atomic E-state index is 11.3. The van der Waals surface area contributed by atoms with Crippen molar-refractivity contribution < 1.29 is 9.53 Å². The van der Waals surface area contributed by atoms with Crippen LogP contribution in [-0.4, -0.2) is 26.1 Å². The average Bonchev–Trinajstić information content (AvgIpc) is 2.41. The molecule has 1 fully saturated rings. The number of carbonyl (C=O) groups is 1. The van der Waals surface area contributed by atoms with Crippen LogP contribution in [0.2, 0.25) is 10.0 Å². The Hall–Kier alpha value is -0.970. The Labute approximate surface area is 128 Å². The van der Waals surface area contributed by atoms with Crippen LogP contribution >= 0.6 is 23.2 Å². The highest BCUT2D eigenvalue weighted by Crippen LogP contribution is 2.30. The van der Waals surface area contributed by atoms with Gasteiger partial charge in [-0.05, 0) is 31.0 Å². The van der Waals surface area contributed by atoms with E-state index in [1.807, 2.05) is 0 Å². The van der Waals surface area contributed by atoms with Crippen molar-refractivity contribution in [2.75, 3.05) is 20.2 Å². The van der Waals surface area contributed by atoms with Crippen LogP contribution in [0.1, 0.15) is 18.4 Å². The lowest BCUT2D eigenvalue weighted by Gasteiger charge is -2.22. The number of hydrogen-bond donors (Lipinski definition) is 2. The molecular formula is C14H18Cl2N2O2. The zero-order chi connectivity index (χ0) is 14.5. The van der Waals surface area contributed by atoms with Gasteiger partial charge in [-0.3, -0.25) is 4.79 Å². The number of carbonyl (C=O) groups excluding carboxylic acids is 1. The zero-order valence-electron chi connectivity index (χ0n) is 11.3. The molecule has 0 bridgehead atoms. The first-order valence-electron chi connectivity index (χ1n) is 6.59. The Morgan fingerprint density at radius 2 is 2.10 bits per heavy atom. The van der Waals surface area contributed by atoms with E-state index in [1.165, 1.54) is 0 Å². The average molecular weight is 317 g/mol. The molecule has 0 saturated carbocycles. The molecule has 0 spiro atoms. The van der Waals surface area contributed by atoms with Crippen LogP contribution in [0.3, 0.4) is 0 Å². The van der Waals surface area contributed by atoms with Crippen molar-refractivity contribution in [2.45, 2.75) is 19.4 Å². The Balaban J connectivity index is 1.89. The Morgan fingerprint density at radius 3 is 2.70 bits per heavy atom. The lowest BCUT2D eigenvalue weighted by atomic mass is 9.97. The van der Waals surface area contributed by atoms with E-state index in [4.69, 9.17) is 27.9 Å². The Bertz CT molecular complexity index is 471. The van der Waals surface area contributed by atoms with E-state index in [9.17, 15) is 4.79 Å². The fraction of sp³-hybridized carbons (Fsp3) is 0.500. The number of nitrogens with one attached hydrogen (secondary N) is 2. The van der Waals surface area contributed by atoms with Crippen LogP contribution in [0.4, 0.5) is 0 Å². The standard InChI is InChI=1S/C14H18Cl2N2O2/c1-20-10-5-12(15)11(13(16)6-10)8-17-7-9-2-3-18-14(19)4-9/h5-6,9,17H,2-4,7-8H2,1H3,(H,18,19). The summed E-state index contributed by atoms with van der Waals surface area (Å²) in [6.07, 6.45) is 1.58. The van der Waals surface area contributed by atoms with Crippen LogP contribution in [0, 0.1) is 5.92 Å². The van der Waals surface area contributed by atoms with Crippen LogP contribution in [0.25, 0.3) is 0 Å². The van der Waals surface area contributed by atoms with Gasteiger partial charge in [0.2, 0.25) is 5.91 Å². The van der Waals surface area contributed by atoms with E-state index in [2.05, 4.69) is 10.6 Å². The second-order valence-electron chi connectivity index (χ2n) is 4.91. The van der Waals surface area contributed by atoms with Crippen molar-refractivity contribution in [3.8, 4) is 5.75 Å². The van der Waals surface area contributed by atoms with Crippen molar-refractivity contribution in [2.24, 2.45) is 5.92 Å². The topological polar surface area (TPSA) is 50.4 Å². The Morgan fingerprint density at radius 1 is 1.40 bits per heavy atom. The van der Waals surface area contributed by atoms with Crippen molar-refractivity contribution in [1.29, 1.82) is 0 Å².